The van der Waals surface area contributed by atoms with Gasteiger partial charge in [-0.15, -0.1) is 0 Å². The minimum atomic E-state index is -0.224. The SMILES string of the molecule is COc1ccc(Br)c(CC(N)CO)c1. The number of rotatable bonds is 4. The molecule has 0 saturated heterocycles. The third-order valence-corrected chi connectivity index (χ3v) is 2.74. The molecule has 0 bridgehead atoms. The molecule has 1 rings (SSSR count). The smallest absolute Gasteiger partial charge is 0.119 e. The summed E-state index contributed by atoms with van der Waals surface area (Å²) >= 11 is 3.42. The van der Waals surface area contributed by atoms with Crippen LogP contribution in [0.1, 0.15) is 5.56 Å². The zero-order chi connectivity index (χ0) is 10.6. The summed E-state index contributed by atoms with van der Waals surface area (Å²) in [5, 5.41) is 8.84. The van der Waals surface area contributed by atoms with Gasteiger partial charge in [-0.05, 0) is 30.2 Å². The van der Waals surface area contributed by atoms with Crippen molar-refractivity contribution in [3.8, 4) is 5.75 Å². The Hall–Kier alpha value is -0.580. The van der Waals surface area contributed by atoms with Crippen molar-refractivity contribution in [2.45, 2.75) is 12.5 Å². The van der Waals surface area contributed by atoms with Crippen molar-refractivity contribution >= 4 is 15.9 Å². The van der Waals surface area contributed by atoms with E-state index in [1.165, 1.54) is 0 Å². The Morgan fingerprint density at radius 2 is 2.29 bits per heavy atom. The van der Waals surface area contributed by atoms with Crippen LogP contribution >= 0.6 is 15.9 Å². The summed E-state index contributed by atoms with van der Waals surface area (Å²) in [4.78, 5) is 0. The number of aliphatic hydroxyl groups excluding tert-OH is 1. The Morgan fingerprint density at radius 3 is 2.86 bits per heavy atom. The van der Waals surface area contributed by atoms with Gasteiger partial charge in [0.1, 0.15) is 5.75 Å². The fourth-order valence-corrected chi connectivity index (χ4v) is 1.59. The normalized spacial score (nSPS) is 12.6. The van der Waals surface area contributed by atoms with Crippen LogP contribution in [0.25, 0.3) is 0 Å². The second kappa shape index (κ2) is 5.34. The van der Waals surface area contributed by atoms with Gasteiger partial charge in [-0.1, -0.05) is 15.9 Å². The summed E-state index contributed by atoms with van der Waals surface area (Å²) < 4.78 is 6.09. The molecule has 0 fully saturated rings. The molecule has 3 N–H and O–H groups in total. The maximum Gasteiger partial charge on any atom is 0.119 e. The summed E-state index contributed by atoms with van der Waals surface area (Å²) in [6.07, 6.45) is 0.633. The number of aliphatic hydroxyl groups is 1. The lowest BCUT2D eigenvalue weighted by molar-refractivity contribution is 0.265. The fourth-order valence-electron chi connectivity index (χ4n) is 1.18. The number of nitrogens with two attached hydrogens (primary N) is 1. The van der Waals surface area contributed by atoms with E-state index in [0.29, 0.717) is 6.42 Å². The van der Waals surface area contributed by atoms with Crippen LogP contribution in [-0.4, -0.2) is 24.9 Å². The van der Waals surface area contributed by atoms with Gasteiger partial charge < -0.3 is 15.6 Å². The van der Waals surface area contributed by atoms with Crippen LogP contribution in [0.4, 0.5) is 0 Å². The van der Waals surface area contributed by atoms with Gasteiger partial charge in [-0.2, -0.15) is 0 Å². The molecule has 78 valence electrons. The van der Waals surface area contributed by atoms with E-state index in [4.69, 9.17) is 15.6 Å². The van der Waals surface area contributed by atoms with E-state index in [2.05, 4.69) is 15.9 Å². The van der Waals surface area contributed by atoms with Gasteiger partial charge in [-0.25, -0.2) is 0 Å². The van der Waals surface area contributed by atoms with E-state index in [1.54, 1.807) is 7.11 Å². The molecule has 14 heavy (non-hydrogen) atoms. The molecule has 3 nitrogen and oxygen atoms in total. The number of benzene rings is 1. The lowest BCUT2D eigenvalue weighted by Gasteiger charge is -2.11. The molecule has 1 unspecified atom stereocenters. The molecule has 0 aliphatic rings. The van der Waals surface area contributed by atoms with Crippen molar-refractivity contribution in [3.63, 3.8) is 0 Å². The van der Waals surface area contributed by atoms with E-state index in [0.717, 1.165) is 15.8 Å². The maximum atomic E-state index is 8.84. The lowest BCUT2D eigenvalue weighted by Crippen LogP contribution is -2.26. The van der Waals surface area contributed by atoms with Gasteiger partial charge in [0.15, 0.2) is 0 Å². The summed E-state index contributed by atoms with van der Waals surface area (Å²) in [7, 11) is 1.62. The minimum absolute atomic E-state index is 0.0103. The average Bonchev–Trinajstić information content (AvgIpc) is 2.21. The Bertz CT molecular complexity index is 304. The Balaban J connectivity index is 2.83. The van der Waals surface area contributed by atoms with Gasteiger partial charge in [0, 0.05) is 10.5 Å². The molecule has 1 aromatic carbocycles. The predicted molar refractivity (Wildman–Crippen MR) is 59.5 cm³/mol. The van der Waals surface area contributed by atoms with Gasteiger partial charge in [0.25, 0.3) is 0 Å². The highest BCUT2D eigenvalue weighted by Crippen LogP contribution is 2.23. The third-order valence-electron chi connectivity index (χ3n) is 1.97. The van der Waals surface area contributed by atoms with Crippen LogP contribution in [0.5, 0.6) is 5.75 Å². The zero-order valence-corrected chi connectivity index (χ0v) is 9.62. The van der Waals surface area contributed by atoms with Crippen molar-refractivity contribution in [3.05, 3.63) is 28.2 Å². The van der Waals surface area contributed by atoms with Crippen LogP contribution in [0, 0.1) is 0 Å². The number of hydrogen-bond donors (Lipinski definition) is 2. The Kier molecular flexibility index (Phi) is 4.38. The topological polar surface area (TPSA) is 55.5 Å². The quantitative estimate of drug-likeness (QED) is 0.858. The molecule has 0 aromatic heterocycles. The zero-order valence-electron chi connectivity index (χ0n) is 8.03. The summed E-state index contributed by atoms with van der Waals surface area (Å²) in [5.74, 6) is 0.799. The highest BCUT2D eigenvalue weighted by molar-refractivity contribution is 9.10. The number of hydrogen-bond acceptors (Lipinski definition) is 3. The maximum absolute atomic E-state index is 8.84. The molecule has 1 aromatic rings. The monoisotopic (exact) mass is 259 g/mol. The summed E-state index contributed by atoms with van der Waals surface area (Å²) in [6.45, 7) is -0.0103. The molecule has 0 aliphatic heterocycles. The number of ether oxygens (including phenoxy) is 1. The van der Waals surface area contributed by atoms with Crippen LogP contribution < -0.4 is 10.5 Å². The van der Waals surface area contributed by atoms with Gasteiger partial charge >= 0.3 is 0 Å². The van der Waals surface area contributed by atoms with Crippen molar-refractivity contribution in [1.29, 1.82) is 0 Å². The molecular weight excluding hydrogens is 246 g/mol. The Morgan fingerprint density at radius 1 is 1.57 bits per heavy atom. The highest BCUT2D eigenvalue weighted by atomic mass is 79.9. The van der Waals surface area contributed by atoms with Crippen LogP contribution in [0.15, 0.2) is 22.7 Å². The van der Waals surface area contributed by atoms with E-state index >= 15 is 0 Å². The standard InChI is InChI=1S/C10H14BrNO2/c1-14-9-2-3-10(11)7(5-9)4-8(12)6-13/h2-3,5,8,13H,4,6,12H2,1H3. The van der Waals surface area contributed by atoms with Gasteiger partial charge in [-0.3, -0.25) is 0 Å². The first-order chi connectivity index (χ1) is 6.67. The highest BCUT2D eigenvalue weighted by Gasteiger charge is 2.07. The second-order valence-corrected chi connectivity index (χ2v) is 3.96. The van der Waals surface area contributed by atoms with Gasteiger partial charge in [0.05, 0.1) is 13.7 Å². The van der Waals surface area contributed by atoms with E-state index in [1.807, 2.05) is 18.2 Å². The lowest BCUT2D eigenvalue weighted by atomic mass is 10.1. The molecule has 0 amide bonds. The van der Waals surface area contributed by atoms with E-state index < -0.39 is 0 Å². The molecule has 0 radical (unpaired) electrons. The van der Waals surface area contributed by atoms with E-state index in [-0.39, 0.29) is 12.6 Å². The first-order valence-electron chi connectivity index (χ1n) is 4.36. The third kappa shape index (κ3) is 2.97. The van der Waals surface area contributed by atoms with Crippen molar-refractivity contribution in [1.82, 2.24) is 0 Å². The largest absolute Gasteiger partial charge is 0.497 e. The molecule has 1 atom stereocenters. The number of methoxy groups -OCH3 is 1. The molecule has 0 aliphatic carbocycles. The first kappa shape index (κ1) is 11.5. The molecule has 0 spiro atoms. The minimum Gasteiger partial charge on any atom is -0.497 e. The van der Waals surface area contributed by atoms with Crippen molar-refractivity contribution in [2.75, 3.05) is 13.7 Å². The second-order valence-electron chi connectivity index (χ2n) is 3.10. The average molecular weight is 260 g/mol. The summed E-state index contributed by atoms with van der Waals surface area (Å²) in [6, 6.07) is 5.48. The predicted octanol–water partition coefficient (Wildman–Crippen LogP) is 1.32. The van der Waals surface area contributed by atoms with Gasteiger partial charge in [0.2, 0.25) is 0 Å². The van der Waals surface area contributed by atoms with Crippen molar-refractivity contribution in [2.24, 2.45) is 5.73 Å². The van der Waals surface area contributed by atoms with E-state index in [9.17, 15) is 0 Å². The number of halogens is 1. The van der Waals surface area contributed by atoms with Crippen molar-refractivity contribution < 1.29 is 9.84 Å². The van der Waals surface area contributed by atoms with Crippen LogP contribution in [-0.2, 0) is 6.42 Å². The molecular formula is C10H14BrNO2. The Labute approximate surface area is 92.0 Å². The van der Waals surface area contributed by atoms with Crippen LogP contribution in [0.2, 0.25) is 0 Å². The molecule has 0 heterocycles. The molecule has 0 saturated carbocycles. The van der Waals surface area contributed by atoms with Crippen LogP contribution in [0.3, 0.4) is 0 Å². The first-order valence-corrected chi connectivity index (χ1v) is 5.15. The fraction of sp³-hybridized carbons (Fsp3) is 0.400. The molecule has 4 heteroatoms. The summed E-state index contributed by atoms with van der Waals surface area (Å²) in [5.41, 5.74) is 6.70.